The highest BCUT2D eigenvalue weighted by molar-refractivity contribution is 5.94. The van der Waals surface area contributed by atoms with Crippen LogP contribution in [0.3, 0.4) is 0 Å². The third kappa shape index (κ3) is 4.02. The second kappa shape index (κ2) is 8.02. The number of amides is 2. The first kappa shape index (κ1) is 18.5. The maximum atomic E-state index is 12.9. The Hall–Kier alpha value is -2.86. The van der Waals surface area contributed by atoms with Gasteiger partial charge in [-0.15, -0.1) is 0 Å². The monoisotopic (exact) mass is 379 g/mol. The molecular weight excluding hydrogens is 354 g/mol. The van der Waals surface area contributed by atoms with Crippen LogP contribution in [0.15, 0.2) is 48.5 Å². The number of carbonyl (C=O) groups is 2. The molecule has 2 aromatic rings. The van der Waals surface area contributed by atoms with Crippen LogP contribution in [0, 0.1) is 11.8 Å². The Morgan fingerprint density at radius 1 is 0.857 bits per heavy atom. The Morgan fingerprint density at radius 3 is 1.86 bits per heavy atom. The Bertz CT molecular complexity index is 834. The SMILES string of the molecule is NC(=O)c1ccc(Oc2ccc(C(=O)N3CC[C@@H]4CNC[C@@H]4CC3)cc2)cc1. The maximum absolute atomic E-state index is 12.9. The molecule has 2 aliphatic heterocycles. The smallest absolute Gasteiger partial charge is 0.253 e. The van der Waals surface area contributed by atoms with Gasteiger partial charge in [0.15, 0.2) is 0 Å². The number of hydrogen-bond donors (Lipinski definition) is 2. The zero-order valence-corrected chi connectivity index (χ0v) is 15.8. The number of primary amides is 1. The standard InChI is InChI=1S/C22H25N3O3/c23-21(26)15-1-5-19(6-2-15)28-20-7-3-16(4-8-20)22(27)25-11-9-17-13-24-14-18(17)10-12-25/h1-8,17-18,24H,9-14H2,(H2,23,26)/t17-,18+. The first-order valence-corrected chi connectivity index (χ1v) is 9.78. The van der Waals surface area contributed by atoms with Crippen molar-refractivity contribution in [3.8, 4) is 11.5 Å². The first-order chi connectivity index (χ1) is 13.6. The molecule has 28 heavy (non-hydrogen) atoms. The number of nitrogens with one attached hydrogen (secondary N) is 1. The highest BCUT2D eigenvalue weighted by Gasteiger charge is 2.31. The van der Waals surface area contributed by atoms with Crippen LogP contribution < -0.4 is 15.8 Å². The molecule has 2 aromatic carbocycles. The second-order valence-corrected chi connectivity index (χ2v) is 7.56. The van der Waals surface area contributed by atoms with E-state index in [1.807, 2.05) is 17.0 Å². The molecule has 0 unspecified atom stereocenters. The molecule has 3 N–H and O–H groups in total. The van der Waals surface area contributed by atoms with Crippen LogP contribution >= 0.6 is 0 Å². The molecule has 0 aromatic heterocycles. The van der Waals surface area contributed by atoms with Crippen LogP contribution in [0.4, 0.5) is 0 Å². The van der Waals surface area contributed by atoms with E-state index in [0.717, 1.165) is 39.0 Å². The molecule has 0 radical (unpaired) electrons. The Labute approximate surface area is 164 Å². The molecule has 6 nitrogen and oxygen atoms in total. The van der Waals surface area contributed by atoms with E-state index in [-0.39, 0.29) is 5.91 Å². The van der Waals surface area contributed by atoms with Crippen molar-refractivity contribution in [2.24, 2.45) is 17.6 Å². The summed E-state index contributed by atoms with van der Waals surface area (Å²) >= 11 is 0. The summed E-state index contributed by atoms with van der Waals surface area (Å²) in [6, 6.07) is 13.9. The molecule has 0 saturated carbocycles. The molecule has 146 valence electrons. The Balaban J connectivity index is 1.38. The highest BCUT2D eigenvalue weighted by Crippen LogP contribution is 2.28. The number of nitrogens with zero attached hydrogens (tertiary/aromatic N) is 1. The average Bonchev–Trinajstić information content (AvgIpc) is 3.07. The van der Waals surface area contributed by atoms with Crippen molar-refractivity contribution in [3.05, 3.63) is 59.7 Å². The number of rotatable bonds is 4. The quantitative estimate of drug-likeness (QED) is 0.855. The van der Waals surface area contributed by atoms with Gasteiger partial charge >= 0.3 is 0 Å². The molecule has 0 bridgehead atoms. The van der Waals surface area contributed by atoms with E-state index in [4.69, 9.17) is 10.5 Å². The average molecular weight is 379 g/mol. The first-order valence-electron chi connectivity index (χ1n) is 9.78. The summed E-state index contributed by atoms with van der Waals surface area (Å²) in [5, 5.41) is 3.46. The number of ether oxygens (including phenoxy) is 1. The van der Waals surface area contributed by atoms with Crippen LogP contribution in [0.5, 0.6) is 11.5 Å². The van der Waals surface area contributed by atoms with Gasteiger partial charge in [-0.3, -0.25) is 9.59 Å². The molecule has 2 fully saturated rings. The van der Waals surface area contributed by atoms with Crippen LogP contribution in [0.1, 0.15) is 33.6 Å². The Kier molecular flexibility index (Phi) is 5.30. The van der Waals surface area contributed by atoms with Gasteiger partial charge in [0.25, 0.3) is 5.91 Å². The van der Waals surface area contributed by atoms with Gasteiger partial charge in [0.05, 0.1) is 0 Å². The molecule has 4 rings (SSSR count). The maximum Gasteiger partial charge on any atom is 0.253 e. The van der Waals surface area contributed by atoms with Gasteiger partial charge in [-0.25, -0.2) is 0 Å². The van der Waals surface area contributed by atoms with E-state index in [0.29, 0.717) is 34.5 Å². The summed E-state index contributed by atoms with van der Waals surface area (Å²) in [5.41, 5.74) is 6.36. The normalized spacial score (nSPS) is 21.6. The number of hydrogen-bond acceptors (Lipinski definition) is 4. The van der Waals surface area contributed by atoms with Crippen LogP contribution in [-0.2, 0) is 0 Å². The van der Waals surface area contributed by atoms with Gasteiger partial charge in [0.2, 0.25) is 5.91 Å². The van der Waals surface area contributed by atoms with Crippen molar-refractivity contribution < 1.29 is 14.3 Å². The third-order valence-corrected chi connectivity index (χ3v) is 5.78. The minimum Gasteiger partial charge on any atom is -0.457 e. The minimum atomic E-state index is -0.470. The largest absolute Gasteiger partial charge is 0.457 e. The molecular formula is C22H25N3O3. The summed E-state index contributed by atoms with van der Waals surface area (Å²) < 4.78 is 5.78. The van der Waals surface area contributed by atoms with E-state index >= 15 is 0 Å². The van der Waals surface area contributed by atoms with Crippen LogP contribution in [0.2, 0.25) is 0 Å². The fourth-order valence-electron chi connectivity index (χ4n) is 4.09. The molecule has 2 saturated heterocycles. The summed E-state index contributed by atoms with van der Waals surface area (Å²) in [7, 11) is 0. The zero-order chi connectivity index (χ0) is 19.5. The molecule has 6 heteroatoms. The Morgan fingerprint density at radius 2 is 1.36 bits per heavy atom. The van der Waals surface area contributed by atoms with Gasteiger partial charge in [0, 0.05) is 24.2 Å². The fraction of sp³-hybridized carbons (Fsp3) is 0.364. The van der Waals surface area contributed by atoms with E-state index in [2.05, 4.69) is 5.32 Å². The van der Waals surface area contributed by atoms with Crippen molar-refractivity contribution in [2.75, 3.05) is 26.2 Å². The van der Waals surface area contributed by atoms with Crippen molar-refractivity contribution in [1.29, 1.82) is 0 Å². The molecule has 0 spiro atoms. The zero-order valence-electron chi connectivity index (χ0n) is 15.8. The summed E-state index contributed by atoms with van der Waals surface area (Å²) in [4.78, 5) is 26.0. The van der Waals surface area contributed by atoms with Gasteiger partial charge < -0.3 is 20.7 Å². The van der Waals surface area contributed by atoms with E-state index in [9.17, 15) is 9.59 Å². The molecule has 2 heterocycles. The van der Waals surface area contributed by atoms with Gasteiger partial charge in [-0.05, 0) is 86.3 Å². The number of likely N-dealkylation sites (tertiary alicyclic amines) is 1. The minimum absolute atomic E-state index is 0.0882. The second-order valence-electron chi connectivity index (χ2n) is 7.56. The lowest BCUT2D eigenvalue weighted by Crippen LogP contribution is -2.32. The highest BCUT2D eigenvalue weighted by atomic mass is 16.5. The lowest BCUT2D eigenvalue weighted by molar-refractivity contribution is 0.0758. The van der Waals surface area contributed by atoms with Crippen molar-refractivity contribution >= 4 is 11.8 Å². The van der Waals surface area contributed by atoms with Gasteiger partial charge in [-0.1, -0.05) is 0 Å². The summed E-state index contributed by atoms with van der Waals surface area (Å²) in [6.07, 6.45) is 2.15. The van der Waals surface area contributed by atoms with Crippen molar-refractivity contribution in [3.63, 3.8) is 0 Å². The number of carbonyl (C=O) groups excluding carboxylic acids is 2. The third-order valence-electron chi connectivity index (χ3n) is 5.78. The number of benzene rings is 2. The number of fused-ring (bicyclic) bond motifs is 1. The molecule has 2 aliphatic rings. The lowest BCUT2D eigenvalue weighted by Gasteiger charge is -2.21. The van der Waals surface area contributed by atoms with Crippen LogP contribution in [0.25, 0.3) is 0 Å². The van der Waals surface area contributed by atoms with Crippen molar-refractivity contribution in [1.82, 2.24) is 10.2 Å². The van der Waals surface area contributed by atoms with E-state index in [1.165, 1.54) is 0 Å². The van der Waals surface area contributed by atoms with Gasteiger partial charge in [0.1, 0.15) is 11.5 Å². The topological polar surface area (TPSA) is 84.7 Å². The van der Waals surface area contributed by atoms with Gasteiger partial charge in [-0.2, -0.15) is 0 Å². The van der Waals surface area contributed by atoms with Crippen molar-refractivity contribution in [2.45, 2.75) is 12.8 Å². The summed E-state index contributed by atoms with van der Waals surface area (Å²) in [5.74, 6) is 2.27. The molecule has 0 aliphatic carbocycles. The summed E-state index contributed by atoms with van der Waals surface area (Å²) in [6.45, 7) is 3.82. The van der Waals surface area contributed by atoms with Crippen LogP contribution in [-0.4, -0.2) is 42.9 Å². The predicted molar refractivity (Wildman–Crippen MR) is 106 cm³/mol. The van der Waals surface area contributed by atoms with E-state index in [1.54, 1.807) is 36.4 Å². The van der Waals surface area contributed by atoms with E-state index < -0.39 is 5.91 Å². The lowest BCUT2D eigenvalue weighted by atomic mass is 9.92. The fourth-order valence-corrected chi connectivity index (χ4v) is 4.09. The molecule has 2 amide bonds. The number of nitrogens with two attached hydrogens (primary N) is 1. The molecule has 2 atom stereocenters. The predicted octanol–water partition coefficient (Wildman–Crippen LogP) is 2.65.